The monoisotopic (exact) mass is 297 g/mol. The lowest BCUT2D eigenvalue weighted by atomic mass is 9.93. The van der Waals surface area contributed by atoms with Crippen molar-refractivity contribution in [3.8, 4) is 0 Å². The van der Waals surface area contributed by atoms with Crippen molar-refractivity contribution in [3.05, 3.63) is 16.0 Å². The Morgan fingerprint density at radius 2 is 2.20 bits per heavy atom. The van der Waals surface area contributed by atoms with Gasteiger partial charge in [-0.3, -0.25) is 4.79 Å². The summed E-state index contributed by atoms with van der Waals surface area (Å²) in [6, 6.07) is 0. The van der Waals surface area contributed by atoms with Gasteiger partial charge in [-0.25, -0.2) is 4.79 Å². The van der Waals surface area contributed by atoms with Gasteiger partial charge in [0.2, 0.25) is 5.91 Å². The summed E-state index contributed by atoms with van der Waals surface area (Å²) in [5.74, 6) is -0.575. The summed E-state index contributed by atoms with van der Waals surface area (Å²) in [5, 5.41) is 13.3. The molecule has 0 spiro atoms. The minimum Gasteiger partial charge on any atom is -0.462 e. The van der Waals surface area contributed by atoms with Crippen LogP contribution < -0.4 is 5.32 Å². The van der Waals surface area contributed by atoms with E-state index in [4.69, 9.17) is 4.74 Å². The zero-order valence-corrected chi connectivity index (χ0v) is 12.5. The molecule has 1 aromatic rings. The molecule has 2 rings (SSSR count). The Balaban J connectivity index is 2.43. The van der Waals surface area contributed by atoms with Crippen LogP contribution in [0.15, 0.2) is 0 Å². The highest BCUT2D eigenvalue weighted by molar-refractivity contribution is 7.17. The number of nitrogens with one attached hydrogen (secondary N) is 1. The number of hydrogen-bond acceptors (Lipinski definition) is 5. The number of thiophene rings is 1. The second-order valence-corrected chi connectivity index (χ2v) is 5.73. The molecule has 1 aliphatic rings. The fourth-order valence-electron chi connectivity index (χ4n) is 2.33. The molecule has 0 saturated heterocycles. The minimum absolute atomic E-state index is 0.149. The Labute approximate surface area is 121 Å². The normalized spacial score (nSPS) is 17.4. The Hall–Kier alpha value is -1.40. The Kier molecular flexibility index (Phi) is 4.77. The smallest absolute Gasteiger partial charge is 0.341 e. The van der Waals surface area contributed by atoms with E-state index in [9.17, 15) is 14.7 Å². The summed E-state index contributed by atoms with van der Waals surface area (Å²) < 4.78 is 5.08. The Morgan fingerprint density at radius 3 is 2.85 bits per heavy atom. The average Bonchev–Trinajstić information content (AvgIpc) is 2.78. The molecule has 0 fully saturated rings. The van der Waals surface area contributed by atoms with Crippen LogP contribution in [-0.4, -0.2) is 23.6 Å². The molecule has 0 aromatic carbocycles. The van der Waals surface area contributed by atoms with Crippen LogP contribution in [-0.2, 0) is 16.0 Å². The number of carbonyl (C=O) groups is 2. The van der Waals surface area contributed by atoms with Crippen LogP contribution in [0.25, 0.3) is 0 Å². The van der Waals surface area contributed by atoms with Crippen LogP contribution in [0.4, 0.5) is 5.00 Å². The molecule has 20 heavy (non-hydrogen) atoms. The van der Waals surface area contributed by atoms with Gasteiger partial charge in [0, 0.05) is 11.3 Å². The van der Waals surface area contributed by atoms with Crippen LogP contribution in [0.1, 0.15) is 60.0 Å². The molecule has 1 amide bonds. The predicted molar refractivity (Wildman–Crippen MR) is 77.1 cm³/mol. The molecule has 1 heterocycles. The van der Waals surface area contributed by atoms with Gasteiger partial charge >= 0.3 is 5.97 Å². The van der Waals surface area contributed by atoms with Gasteiger partial charge in [-0.05, 0) is 31.7 Å². The highest BCUT2D eigenvalue weighted by Crippen LogP contribution is 2.42. The van der Waals surface area contributed by atoms with Crippen LogP contribution in [0, 0.1) is 0 Å². The number of amides is 1. The number of esters is 1. The van der Waals surface area contributed by atoms with Gasteiger partial charge in [0.25, 0.3) is 0 Å². The van der Waals surface area contributed by atoms with Crippen molar-refractivity contribution in [2.75, 3.05) is 11.9 Å². The predicted octanol–water partition coefficient (Wildman–Crippen LogP) is 2.64. The number of ether oxygens (including phenoxy) is 1. The maximum absolute atomic E-state index is 12.1. The molecule has 1 atom stereocenters. The molecule has 1 aliphatic carbocycles. The van der Waals surface area contributed by atoms with Crippen LogP contribution in [0.3, 0.4) is 0 Å². The summed E-state index contributed by atoms with van der Waals surface area (Å²) in [4.78, 5) is 24.5. The first-order valence-corrected chi connectivity index (χ1v) is 7.70. The van der Waals surface area contributed by atoms with Crippen molar-refractivity contribution in [2.24, 2.45) is 0 Å². The fraction of sp³-hybridized carbons (Fsp3) is 0.571. The number of carbonyl (C=O) groups excluding carboxylic acids is 2. The number of anilines is 1. The number of aliphatic hydroxyl groups excluding tert-OH is 1. The van der Waals surface area contributed by atoms with E-state index in [1.165, 1.54) is 11.3 Å². The standard InChI is InChI=1S/C14H19NO4S/c1-3-10(17)15-13-11(14(18)19-4-2)8-6-5-7-9(16)12(8)20-13/h9,16H,3-7H2,1-2H3,(H,15,17). The van der Waals surface area contributed by atoms with Gasteiger partial charge in [-0.1, -0.05) is 6.92 Å². The summed E-state index contributed by atoms with van der Waals surface area (Å²) >= 11 is 1.29. The van der Waals surface area contributed by atoms with Gasteiger partial charge in [0.1, 0.15) is 5.00 Å². The van der Waals surface area contributed by atoms with Crippen LogP contribution in [0.2, 0.25) is 0 Å². The second kappa shape index (κ2) is 6.37. The highest BCUT2D eigenvalue weighted by Gasteiger charge is 2.30. The molecule has 6 heteroatoms. The van der Waals surface area contributed by atoms with Crippen LogP contribution in [0.5, 0.6) is 0 Å². The van der Waals surface area contributed by atoms with Gasteiger partial charge in [-0.15, -0.1) is 11.3 Å². The van der Waals surface area contributed by atoms with E-state index in [-0.39, 0.29) is 12.5 Å². The molecule has 110 valence electrons. The van der Waals surface area contributed by atoms with E-state index < -0.39 is 12.1 Å². The first kappa shape index (κ1) is 15.0. The largest absolute Gasteiger partial charge is 0.462 e. The Morgan fingerprint density at radius 1 is 1.45 bits per heavy atom. The van der Waals surface area contributed by atoms with E-state index in [1.54, 1.807) is 13.8 Å². The van der Waals surface area contributed by atoms with Crippen molar-refractivity contribution in [1.29, 1.82) is 0 Å². The fourth-order valence-corrected chi connectivity index (χ4v) is 3.60. The van der Waals surface area contributed by atoms with E-state index in [0.29, 0.717) is 23.4 Å². The molecular formula is C14H19NO4S. The van der Waals surface area contributed by atoms with Crippen molar-refractivity contribution in [2.45, 2.75) is 45.6 Å². The lowest BCUT2D eigenvalue weighted by molar-refractivity contribution is -0.115. The molecule has 2 N–H and O–H groups in total. The Bertz CT molecular complexity index is 523. The van der Waals surface area contributed by atoms with Gasteiger partial charge < -0.3 is 15.2 Å². The SMILES string of the molecule is CCOC(=O)c1c(NC(=O)CC)sc2c1CCCC2O. The molecule has 0 aliphatic heterocycles. The summed E-state index contributed by atoms with van der Waals surface area (Å²) in [6.07, 6.45) is 2.05. The summed E-state index contributed by atoms with van der Waals surface area (Å²) in [7, 11) is 0. The number of rotatable bonds is 4. The molecule has 1 unspecified atom stereocenters. The quantitative estimate of drug-likeness (QED) is 0.838. The molecular weight excluding hydrogens is 278 g/mol. The molecule has 0 bridgehead atoms. The molecule has 0 saturated carbocycles. The third kappa shape index (κ3) is 2.86. The lowest BCUT2D eigenvalue weighted by Gasteiger charge is -2.17. The van der Waals surface area contributed by atoms with E-state index in [2.05, 4.69) is 5.32 Å². The average molecular weight is 297 g/mol. The minimum atomic E-state index is -0.552. The molecule has 0 radical (unpaired) electrons. The van der Waals surface area contributed by atoms with Gasteiger partial charge in [0.05, 0.1) is 18.3 Å². The van der Waals surface area contributed by atoms with Crippen LogP contribution >= 0.6 is 11.3 Å². The number of fused-ring (bicyclic) bond motifs is 1. The van der Waals surface area contributed by atoms with Gasteiger partial charge in [-0.2, -0.15) is 0 Å². The highest BCUT2D eigenvalue weighted by atomic mass is 32.1. The zero-order chi connectivity index (χ0) is 14.7. The third-order valence-corrected chi connectivity index (χ3v) is 4.55. The van der Waals surface area contributed by atoms with Crippen molar-refractivity contribution >= 4 is 28.2 Å². The maximum atomic E-state index is 12.1. The zero-order valence-electron chi connectivity index (χ0n) is 11.7. The number of hydrogen-bond donors (Lipinski definition) is 2. The first-order valence-electron chi connectivity index (χ1n) is 6.89. The second-order valence-electron chi connectivity index (χ2n) is 4.68. The van der Waals surface area contributed by atoms with E-state index in [0.717, 1.165) is 23.3 Å². The maximum Gasteiger partial charge on any atom is 0.341 e. The topological polar surface area (TPSA) is 75.6 Å². The van der Waals surface area contributed by atoms with E-state index in [1.807, 2.05) is 0 Å². The first-order chi connectivity index (χ1) is 9.58. The number of aliphatic hydroxyl groups is 1. The third-order valence-electron chi connectivity index (χ3n) is 3.30. The van der Waals surface area contributed by atoms with Crippen molar-refractivity contribution in [1.82, 2.24) is 0 Å². The summed E-state index contributed by atoms with van der Waals surface area (Å²) in [5.41, 5.74) is 1.26. The molecule has 5 nitrogen and oxygen atoms in total. The van der Waals surface area contributed by atoms with Crippen molar-refractivity contribution < 1.29 is 19.4 Å². The summed E-state index contributed by atoms with van der Waals surface area (Å²) in [6.45, 7) is 3.78. The van der Waals surface area contributed by atoms with Crippen molar-refractivity contribution in [3.63, 3.8) is 0 Å². The lowest BCUT2D eigenvalue weighted by Crippen LogP contribution is -2.15. The molecule has 1 aromatic heterocycles. The van der Waals surface area contributed by atoms with E-state index >= 15 is 0 Å². The van der Waals surface area contributed by atoms with Gasteiger partial charge in [0.15, 0.2) is 0 Å².